The topological polar surface area (TPSA) is 71.1 Å². The smallest absolute Gasteiger partial charge is 0.163 e. The van der Waals surface area contributed by atoms with Gasteiger partial charge in [-0.1, -0.05) is 24.2 Å². The molecule has 0 amide bonds. The summed E-state index contributed by atoms with van der Waals surface area (Å²) >= 11 is 0. The zero-order valence-electron chi connectivity index (χ0n) is 31.5. The van der Waals surface area contributed by atoms with Crippen molar-refractivity contribution in [1.29, 1.82) is 0 Å². The Labute approximate surface area is 194 Å². The fourth-order valence-electron chi connectivity index (χ4n) is 1.96. The monoisotopic (exact) mass is 413 g/mol. The average molecular weight is 414 g/mol. The molecule has 6 nitrogen and oxygen atoms in total. The van der Waals surface area contributed by atoms with Crippen LogP contribution in [0.25, 0.3) is 12.1 Å². The van der Waals surface area contributed by atoms with Gasteiger partial charge in [0.15, 0.2) is 34.6 Å². The maximum atomic E-state index is 12.8. The summed E-state index contributed by atoms with van der Waals surface area (Å²) in [5.41, 5.74) is -0.752. The van der Waals surface area contributed by atoms with Crippen molar-refractivity contribution in [3.8, 4) is 23.0 Å². The molecule has 0 fully saturated rings. The lowest BCUT2D eigenvalue weighted by Gasteiger charge is -2.07. The van der Waals surface area contributed by atoms with E-state index in [0.717, 1.165) is 36.4 Å². The molecular formula is C23H24O6. The Morgan fingerprint density at radius 3 is 1.62 bits per heavy atom. The highest BCUT2D eigenvalue weighted by atomic mass is 16.5. The second-order valence-corrected chi connectivity index (χ2v) is 5.10. The van der Waals surface area contributed by atoms with E-state index in [1.807, 2.05) is 0 Å². The number of methoxy groups -OCH3 is 4. The maximum Gasteiger partial charge on any atom is 0.163 e. The quantitative estimate of drug-likeness (QED) is 0.433. The minimum atomic E-state index is -3.11. The van der Waals surface area contributed by atoms with Crippen LogP contribution in [0.2, 0.25) is 0 Å². The number of ketones is 2. The highest BCUT2D eigenvalue weighted by molar-refractivity contribution is 6.10. The third kappa shape index (κ3) is 6.24. The Balaban J connectivity index is 2.46. The van der Waals surface area contributed by atoms with Crippen molar-refractivity contribution in [3.05, 3.63) is 59.6 Å². The number of ether oxygens (including phenoxy) is 4. The van der Waals surface area contributed by atoms with Crippen molar-refractivity contribution in [2.75, 3.05) is 28.2 Å². The van der Waals surface area contributed by atoms with E-state index in [-0.39, 0.29) is 11.1 Å². The van der Waals surface area contributed by atoms with Gasteiger partial charge in [-0.15, -0.1) is 0 Å². The van der Waals surface area contributed by atoms with Crippen molar-refractivity contribution >= 4 is 23.7 Å². The fraction of sp³-hybridized carbons (Fsp3) is 0.217. The van der Waals surface area contributed by atoms with Gasteiger partial charge in [-0.05, 0) is 47.5 Å². The fourth-order valence-corrected chi connectivity index (χ4v) is 1.96. The van der Waals surface area contributed by atoms with Crippen LogP contribution in [0.15, 0.2) is 48.5 Å². The Hall–Kier alpha value is -3.54. The van der Waals surface area contributed by atoms with Crippen LogP contribution in [0, 0.1) is 0 Å². The standard InChI is InChI=1S/C23H24O6/c1-26-20-11-7-16(13-22(20)28-3)5-9-18(24)15-19(25)10-6-17-8-12-21(27-2)23(14-17)29-4/h5-14H,15H2,1-4H3/b9-5+,10-6+/i1D3,2D3,3D3,4D3,5D,6D,9D,10D,15D. The van der Waals surface area contributed by atoms with E-state index in [1.165, 1.54) is 0 Å². The third-order valence-corrected chi connectivity index (χ3v) is 3.25. The number of allylic oxidation sites excluding steroid dienone is 2. The molecule has 0 aliphatic carbocycles. The predicted octanol–water partition coefficient (Wildman–Crippen LogP) is 3.98. The molecule has 0 bridgehead atoms. The number of hydrogen-bond donors (Lipinski definition) is 0. The first-order valence-corrected chi connectivity index (χ1v) is 7.59. The van der Waals surface area contributed by atoms with Gasteiger partial charge >= 0.3 is 0 Å². The zero-order chi connectivity index (χ0) is 35.6. The molecule has 29 heavy (non-hydrogen) atoms. The number of carbonyl (C=O) groups is 2. The molecule has 0 aliphatic heterocycles. The lowest BCUT2D eigenvalue weighted by atomic mass is 10.1. The summed E-state index contributed by atoms with van der Waals surface area (Å²) in [7, 11) is -12.3. The average Bonchev–Trinajstić information content (AvgIpc) is 2.89. The van der Waals surface area contributed by atoms with Crippen molar-refractivity contribution in [2.24, 2.45) is 0 Å². The lowest BCUT2D eigenvalue weighted by molar-refractivity contribution is -0.121. The minimum Gasteiger partial charge on any atom is -0.493 e. The first kappa shape index (κ1) is 8.06. The van der Waals surface area contributed by atoms with Crippen molar-refractivity contribution < 1.29 is 51.8 Å². The van der Waals surface area contributed by atoms with Crippen LogP contribution in [0.5, 0.6) is 23.0 Å². The highest BCUT2D eigenvalue weighted by Crippen LogP contribution is 2.28. The normalized spacial score (nSPS) is 23.7. The highest BCUT2D eigenvalue weighted by Gasteiger charge is 2.07. The second kappa shape index (κ2) is 10.7. The molecule has 2 aromatic rings. The van der Waals surface area contributed by atoms with Crippen LogP contribution in [0.1, 0.15) is 40.8 Å². The first-order chi connectivity index (χ1) is 20.7. The predicted molar refractivity (Wildman–Crippen MR) is 112 cm³/mol. The van der Waals surface area contributed by atoms with Gasteiger partial charge in [-0.25, -0.2) is 0 Å². The Morgan fingerprint density at radius 1 is 0.793 bits per heavy atom. The summed E-state index contributed by atoms with van der Waals surface area (Å²) in [5.74, 6) is -5.75. The first-order valence-electron chi connectivity index (χ1n) is 16.2. The zero-order valence-corrected chi connectivity index (χ0v) is 14.5. The SMILES string of the molecule is [2H]/C(C(=O)C([2H])C(=O)/C([2H])=C(\[2H])c1ccc(OC([2H])([2H])[2H])c(OC([2H])([2H])[2H])c1)=C(/[2H])c1ccc(OC([2H])([2H])[2H])c(OC([2H])([2H])[2H])c1. The summed E-state index contributed by atoms with van der Waals surface area (Å²) in [6.45, 7) is 0. The number of hydrogen-bond acceptors (Lipinski definition) is 6. The van der Waals surface area contributed by atoms with Gasteiger partial charge in [0.1, 0.15) is 0 Å². The van der Waals surface area contributed by atoms with Crippen LogP contribution in [-0.2, 0) is 9.59 Å². The number of rotatable bonds is 10. The van der Waals surface area contributed by atoms with Crippen molar-refractivity contribution in [3.63, 3.8) is 0 Å². The van der Waals surface area contributed by atoms with Gasteiger partial charge in [0.2, 0.25) is 0 Å². The molecule has 6 heteroatoms. The van der Waals surface area contributed by atoms with Crippen LogP contribution in [0.3, 0.4) is 0 Å². The molecule has 0 saturated heterocycles. The van der Waals surface area contributed by atoms with Gasteiger partial charge in [-0.3, -0.25) is 9.59 Å². The molecule has 0 heterocycles. The van der Waals surface area contributed by atoms with E-state index in [4.69, 9.17) is 32.8 Å². The molecule has 0 spiro atoms. The summed E-state index contributed by atoms with van der Waals surface area (Å²) < 4.78 is 146. The van der Waals surface area contributed by atoms with Crippen molar-refractivity contribution in [2.45, 2.75) is 6.40 Å². The summed E-state index contributed by atoms with van der Waals surface area (Å²) in [6, 6.07) is 0.912. The molecule has 0 aromatic heterocycles. The van der Waals surface area contributed by atoms with Crippen LogP contribution in [-0.4, -0.2) is 39.7 Å². The minimum absolute atomic E-state index is 0.376. The van der Waals surface area contributed by atoms with Gasteiger partial charge < -0.3 is 18.9 Å². The van der Waals surface area contributed by atoms with Crippen LogP contribution in [0.4, 0.5) is 0 Å². The molecule has 0 saturated carbocycles. The molecule has 0 aliphatic rings. The van der Waals surface area contributed by atoms with Gasteiger partial charge in [-0.2, -0.15) is 0 Å². The molecule has 0 N–H and O–H groups in total. The summed E-state index contributed by atoms with van der Waals surface area (Å²) in [6.07, 6.45) is -2.55. The second-order valence-electron chi connectivity index (χ2n) is 5.10. The van der Waals surface area contributed by atoms with E-state index in [0.29, 0.717) is 0 Å². The summed E-state index contributed by atoms with van der Waals surface area (Å²) in [4.78, 5) is 25.6. The maximum absolute atomic E-state index is 12.8. The van der Waals surface area contributed by atoms with E-state index in [2.05, 4.69) is 9.47 Å². The van der Waals surface area contributed by atoms with Crippen molar-refractivity contribution in [1.82, 2.24) is 0 Å². The van der Waals surface area contributed by atoms with Crippen LogP contribution < -0.4 is 18.9 Å². The van der Waals surface area contributed by atoms with E-state index in [9.17, 15) is 9.59 Å². The lowest BCUT2D eigenvalue weighted by Crippen LogP contribution is -2.02. The molecule has 2 aromatic carbocycles. The number of carbonyl (C=O) groups excluding carboxylic acids is 2. The molecule has 152 valence electrons. The van der Waals surface area contributed by atoms with Gasteiger partial charge in [0.25, 0.3) is 0 Å². The largest absolute Gasteiger partial charge is 0.493 e. The molecule has 0 unspecified atom stereocenters. The van der Waals surface area contributed by atoms with E-state index in [1.54, 1.807) is 0 Å². The Morgan fingerprint density at radius 2 is 1.21 bits per heavy atom. The molecule has 0 atom stereocenters. The molecule has 0 radical (unpaired) electrons. The molecule has 2 rings (SSSR count). The number of benzene rings is 2. The third-order valence-electron chi connectivity index (χ3n) is 3.25. The summed E-state index contributed by atoms with van der Waals surface area (Å²) in [5, 5.41) is 0. The van der Waals surface area contributed by atoms with E-state index < -0.39 is 93.3 Å². The molecular weight excluding hydrogens is 372 g/mol. The van der Waals surface area contributed by atoms with Gasteiger partial charge in [0.05, 0.1) is 56.5 Å². The van der Waals surface area contributed by atoms with Crippen LogP contribution >= 0.6 is 0 Å². The van der Waals surface area contributed by atoms with Gasteiger partial charge in [0, 0.05) is 1.37 Å². The Bertz CT molecular complexity index is 1420. The van der Waals surface area contributed by atoms with E-state index >= 15 is 0 Å². The Kier molecular flexibility index (Phi) is 2.98.